The number of halogens is 3. The fourth-order valence-electron chi connectivity index (χ4n) is 3.67. The number of amides is 2. The second-order valence-corrected chi connectivity index (χ2v) is 10.4. The molecule has 2 aliphatic heterocycles. The number of rotatable bonds is 10. The van der Waals surface area contributed by atoms with Crippen molar-refractivity contribution in [3.05, 3.63) is 46.5 Å². The molecule has 1 aromatic rings. The number of thioether (sulfide) groups is 1. The minimum atomic E-state index is -1.83. The number of hydrogen-bond acceptors (Lipinski definition) is 7. The number of β-lactam (4-membered cyclic amide) rings is 1. The Hall–Kier alpha value is -1.65. The fourth-order valence-corrected chi connectivity index (χ4v) is 4.92. The van der Waals surface area contributed by atoms with E-state index >= 15 is 0 Å². The average molecular weight is 538 g/mol. The number of nitrogens with one attached hydrogen (secondary N) is 1. The molecule has 0 unspecified atom stereocenters. The zero-order valence-electron chi connectivity index (χ0n) is 17.6. The van der Waals surface area contributed by atoms with Gasteiger partial charge in [0, 0.05) is 23.6 Å². The van der Waals surface area contributed by atoms with Gasteiger partial charge in [0.15, 0.2) is 0 Å². The quantitative estimate of drug-likeness (QED) is 0.204. The van der Waals surface area contributed by atoms with Gasteiger partial charge < -0.3 is 24.8 Å². The number of alkyl halides is 3. The Bertz CT molecular complexity index is 928. The Labute approximate surface area is 210 Å². The third-order valence-corrected chi connectivity index (χ3v) is 7.33. The highest BCUT2D eigenvalue weighted by molar-refractivity contribution is 8.03. The van der Waals surface area contributed by atoms with Gasteiger partial charge in [0.05, 0.1) is 23.9 Å². The van der Waals surface area contributed by atoms with Crippen LogP contribution in [0, 0.1) is 5.92 Å². The van der Waals surface area contributed by atoms with Crippen LogP contribution < -0.4 is 5.32 Å². The maximum absolute atomic E-state index is 12.9. The zero-order chi connectivity index (χ0) is 24.2. The molecule has 3 atom stereocenters. The first kappa shape index (κ1) is 26.0. The van der Waals surface area contributed by atoms with E-state index in [2.05, 4.69) is 5.32 Å². The monoisotopic (exact) mass is 536 g/mol. The number of fused-ring (bicyclic) bond motifs is 1. The van der Waals surface area contributed by atoms with Crippen LogP contribution in [0.3, 0.4) is 0 Å². The number of nitrogens with zero attached hydrogens (tertiary/aromatic N) is 1. The van der Waals surface area contributed by atoms with Crippen molar-refractivity contribution in [1.29, 1.82) is 0 Å². The van der Waals surface area contributed by atoms with E-state index in [1.807, 2.05) is 30.3 Å². The molecule has 0 radical (unpaired) electrons. The summed E-state index contributed by atoms with van der Waals surface area (Å²) in [7, 11) is 0. The van der Waals surface area contributed by atoms with Crippen LogP contribution in [0.1, 0.15) is 18.9 Å². The number of carbonyl (C=O) groups excluding carboxylic acids is 3. The summed E-state index contributed by atoms with van der Waals surface area (Å²) in [6, 6.07) is 8.90. The van der Waals surface area contributed by atoms with Gasteiger partial charge in [-0.2, -0.15) is 0 Å². The van der Waals surface area contributed by atoms with E-state index in [0.29, 0.717) is 17.1 Å². The highest BCUT2D eigenvalue weighted by atomic mass is 35.5. The van der Waals surface area contributed by atoms with Crippen LogP contribution in [0.25, 0.3) is 0 Å². The SMILES string of the molecule is C[C@@H](O)[C@H]1C(=O)N2C(C(=O)OCc3ccccc3)=C(SCCNC(=O)OC(Cl)(Cl)CCl)C[C@H]12. The molecule has 0 aliphatic carbocycles. The number of benzene rings is 1. The van der Waals surface area contributed by atoms with E-state index in [1.54, 1.807) is 6.92 Å². The van der Waals surface area contributed by atoms with Gasteiger partial charge in [0.2, 0.25) is 5.91 Å². The minimum Gasteiger partial charge on any atom is -0.456 e. The molecular weight excluding hydrogens is 515 g/mol. The first-order chi connectivity index (χ1) is 15.6. The van der Waals surface area contributed by atoms with Crippen LogP contribution in [-0.2, 0) is 25.7 Å². The molecule has 12 heteroatoms. The highest BCUT2D eigenvalue weighted by Gasteiger charge is 2.57. The van der Waals surface area contributed by atoms with E-state index in [-0.39, 0.29) is 36.7 Å². The number of hydrogen-bond donors (Lipinski definition) is 2. The third kappa shape index (κ3) is 6.27. The summed E-state index contributed by atoms with van der Waals surface area (Å²) in [6.07, 6.45) is -1.24. The van der Waals surface area contributed by atoms with Crippen molar-refractivity contribution >= 4 is 64.5 Å². The van der Waals surface area contributed by atoms with E-state index < -0.39 is 28.6 Å². The van der Waals surface area contributed by atoms with Gasteiger partial charge in [0.25, 0.3) is 4.52 Å². The maximum atomic E-state index is 12.9. The molecule has 3 rings (SSSR count). The molecule has 0 bridgehead atoms. The van der Waals surface area contributed by atoms with E-state index in [1.165, 1.54) is 16.7 Å². The zero-order valence-corrected chi connectivity index (χ0v) is 20.7. The summed E-state index contributed by atoms with van der Waals surface area (Å²) in [6.45, 7) is 1.81. The van der Waals surface area contributed by atoms with Gasteiger partial charge in [-0.25, -0.2) is 9.59 Å². The van der Waals surface area contributed by atoms with Crippen LogP contribution >= 0.6 is 46.6 Å². The van der Waals surface area contributed by atoms with E-state index in [9.17, 15) is 19.5 Å². The fraction of sp³-hybridized carbons (Fsp3) is 0.476. The van der Waals surface area contributed by atoms with Gasteiger partial charge in [-0.15, -0.1) is 23.4 Å². The van der Waals surface area contributed by atoms with Crippen molar-refractivity contribution in [2.45, 2.75) is 36.6 Å². The first-order valence-electron chi connectivity index (χ1n) is 10.1. The lowest BCUT2D eigenvalue weighted by Gasteiger charge is -2.44. The smallest absolute Gasteiger partial charge is 0.409 e. The Morgan fingerprint density at radius 2 is 2.03 bits per heavy atom. The van der Waals surface area contributed by atoms with Gasteiger partial charge in [-0.3, -0.25) is 4.79 Å². The molecule has 2 aliphatic rings. The number of aliphatic hydroxyl groups is 1. The molecule has 0 saturated carbocycles. The van der Waals surface area contributed by atoms with Gasteiger partial charge in [0.1, 0.15) is 12.3 Å². The standard InChI is InChI=1S/C21H23Cl3N2O6S/c1-12(27)16-14-9-15(33-8-7-25-20(30)32-21(23,24)11-22)17(26(14)18(16)28)19(29)31-10-13-5-3-2-4-6-13/h2-6,12,14,16,27H,7-11H2,1H3,(H,25,30)/t12-,14-,16-/m1/s1. The predicted molar refractivity (Wildman–Crippen MR) is 126 cm³/mol. The Morgan fingerprint density at radius 3 is 2.67 bits per heavy atom. The number of esters is 1. The predicted octanol–water partition coefficient (Wildman–Crippen LogP) is 3.38. The van der Waals surface area contributed by atoms with E-state index in [4.69, 9.17) is 44.3 Å². The van der Waals surface area contributed by atoms with Crippen LogP contribution in [0.15, 0.2) is 40.9 Å². The molecule has 8 nitrogen and oxygen atoms in total. The average Bonchev–Trinajstić information content (AvgIpc) is 3.09. The number of ether oxygens (including phenoxy) is 2. The number of carbonyl (C=O) groups is 3. The largest absolute Gasteiger partial charge is 0.456 e. The Morgan fingerprint density at radius 1 is 1.33 bits per heavy atom. The molecule has 2 amide bonds. The summed E-state index contributed by atoms with van der Waals surface area (Å²) in [5.74, 6) is -1.39. The highest BCUT2D eigenvalue weighted by Crippen LogP contribution is 2.47. The maximum Gasteiger partial charge on any atom is 0.409 e. The van der Waals surface area contributed by atoms with Crippen LogP contribution in [0.2, 0.25) is 0 Å². The van der Waals surface area contributed by atoms with Crippen molar-refractivity contribution in [2.24, 2.45) is 5.92 Å². The molecule has 0 spiro atoms. The lowest BCUT2D eigenvalue weighted by molar-refractivity contribution is -0.162. The van der Waals surface area contributed by atoms with Crippen molar-refractivity contribution in [2.75, 3.05) is 18.2 Å². The van der Waals surface area contributed by atoms with Crippen molar-refractivity contribution < 1.29 is 29.0 Å². The lowest BCUT2D eigenvalue weighted by atomic mass is 9.83. The molecule has 0 aromatic heterocycles. The van der Waals surface area contributed by atoms with Crippen LogP contribution in [0.5, 0.6) is 0 Å². The number of alkyl carbamates (subject to hydrolysis) is 1. The molecule has 2 N–H and O–H groups in total. The summed E-state index contributed by atoms with van der Waals surface area (Å²) in [5, 5.41) is 12.5. The summed E-state index contributed by atoms with van der Waals surface area (Å²) in [4.78, 5) is 39.3. The summed E-state index contributed by atoms with van der Waals surface area (Å²) >= 11 is 18.2. The molecule has 2 heterocycles. The minimum absolute atomic E-state index is 0.0697. The first-order valence-corrected chi connectivity index (χ1v) is 12.4. The Kier molecular flexibility index (Phi) is 8.80. The Balaban J connectivity index is 1.63. The molecule has 1 saturated heterocycles. The van der Waals surface area contributed by atoms with Gasteiger partial charge in [-0.1, -0.05) is 53.5 Å². The second-order valence-electron chi connectivity index (χ2n) is 7.52. The number of aliphatic hydroxyl groups excluding tert-OH is 1. The third-order valence-electron chi connectivity index (χ3n) is 5.14. The van der Waals surface area contributed by atoms with Crippen molar-refractivity contribution in [1.82, 2.24) is 10.2 Å². The second kappa shape index (κ2) is 11.2. The molecule has 1 aromatic carbocycles. The molecule has 33 heavy (non-hydrogen) atoms. The van der Waals surface area contributed by atoms with Crippen LogP contribution in [0.4, 0.5) is 4.79 Å². The molecular formula is C21H23Cl3N2O6S. The van der Waals surface area contributed by atoms with Gasteiger partial charge in [-0.05, 0) is 12.5 Å². The normalized spacial score (nSPS) is 20.8. The molecule has 180 valence electrons. The summed E-state index contributed by atoms with van der Waals surface area (Å²) in [5.41, 5.74) is 1.01. The van der Waals surface area contributed by atoms with Gasteiger partial charge >= 0.3 is 12.1 Å². The topological polar surface area (TPSA) is 105 Å². The van der Waals surface area contributed by atoms with Crippen molar-refractivity contribution in [3.8, 4) is 0 Å². The molecule has 1 fully saturated rings. The van der Waals surface area contributed by atoms with Crippen molar-refractivity contribution in [3.63, 3.8) is 0 Å². The summed E-state index contributed by atoms with van der Waals surface area (Å²) < 4.78 is 8.39. The lowest BCUT2D eigenvalue weighted by Crippen LogP contribution is -2.61. The van der Waals surface area contributed by atoms with E-state index in [0.717, 1.165) is 5.56 Å². The van der Waals surface area contributed by atoms with Crippen LogP contribution in [-0.4, -0.2) is 62.8 Å².